The molecule has 0 amide bonds. The van der Waals surface area contributed by atoms with Crippen LogP contribution in [0.1, 0.15) is 39.5 Å². The monoisotopic (exact) mass is 463 g/mol. The number of aliphatic hydroxyl groups excluding tert-OH is 2. The highest BCUT2D eigenvalue weighted by molar-refractivity contribution is 9.18. The van der Waals surface area contributed by atoms with Crippen LogP contribution in [0.2, 0.25) is 0 Å². The molecule has 0 spiro atoms. The standard InChI is InChI=1S/C22H26BrNO5/c1-20-6-5-12(26)7-11(20)3-4-13-14-8-15-19(23)24-29-22(15,17(28)10-25)21(14,2)9-16(27)18(13)20/h5-7,13-16,18,25,27H,3-4,8-10H2,1-2H3/t13-,14-,15-,16-,18+,20-,21-,22-/m0/s1. The Balaban J connectivity index is 1.60. The van der Waals surface area contributed by atoms with Crippen LogP contribution >= 0.6 is 15.9 Å². The van der Waals surface area contributed by atoms with E-state index in [1.807, 2.05) is 13.0 Å². The van der Waals surface area contributed by atoms with Gasteiger partial charge in [0.05, 0.1) is 12.0 Å². The SMILES string of the molecule is C[C@]12C=CC(=O)C=C1CC[C@@H]1[C@@H]2[C@@H](O)C[C@@]2(C)[C@H]1C[C@H]1C(Br)=NO[C@]12C(=O)CO. The molecule has 5 rings (SSSR count). The van der Waals surface area contributed by atoms with Gasteiger partial charge in [-0.25, -0.2) is 0 Å². The average Bonchev–Trinajstić information content (AvgIpc) is 3.15. The minimum absolute atomic E-state index is 0.0132. The summed E-state index contributed by atoms with van der Waals surface area (Å²) in [5.41, 5.74) is -1.10. The highest BCUT2D eigenvalue weighted by Gasteiger charge is 2.76. The van der Waals surface area contributed by atoms with Crippen LogP contribution in [0, 0.1) is 34.5 Å². The summed E-state index contributed by atoms with van der Waals surface area (Å²) >= 11 is 3.48. The van der Waals surface area contributed by atoms with Crippen molar-refractivity contribution in [1.82, 2.24) is 0 Å². The number of allylic oxidation sites excluding steroid dienone is 4. The Kier molecular flexibility index (Phi) is 4.14. The molecule has 3 fully saturated rings. The number of rotatable bonds is 2. The molecule has 156 valence electrons. The number of fused-ring (bicyclic) bond motifs is 7. The summed E-state index contributed by atoms with van der Waals surface area (Å²) in [6.45, 7) is 3.55. The number of hydrogen-bond donors (Lipinski definition) is 2. The fourth-order valence-corrected chi connectivity index (χ4v) is 8.23. The Bertz CT molecular complexity index is 896. The van der Waals surface area contributed by atoms with Gasteiger partial charge in [-0.3, -0.25) is 9.59 Å². The lowest BCUT2D eigenvalue weighted by Crippen LogP contribution is -2.63. The number of Topliss-reactive ketones (excluding diaryl/α,β-unsaturated/α-hetero) is 1. The van der Waals surface area contributed by atoms with E-state index < -0.39 is 23.7 Å². The predicted octanol–water partition coefficient (Wildman–Crippen LogP) is 2.53. The van der Waals surface area contributed by atoms with E-state index >= 15 is 0 Å². The molecule has 0 unspecified atom stereocenters. The van der Waals surface area contributed by atoms with E-state index in [0.717, 1.165) is 24.8 Å². The minimum Gasteiger partial charge on any atom is -0.393 e. The second-order valence-corrected chi connectivity index (χ2v) is 10.6. The van der Waals surface area contributed by atoms with E-state index in [1.165, 1.54) is 0 Å². The lowest BCUT2D eigenvalue weighted by Gasteiger charge is -2.59. The molecule has 1 heterocycles. The number of oxime groups is 1. The third kappa shape index (κ3) is 2.22. The van der Waals surface area contributed by atoms with Crippen molar-refractivity contribution in [1.29, 1.82) is 0 Å². The number of halogens is 1. The lowest BCUT2D eigenvalue weighted by atomic mass is 9.46. The van der Waals surface area contributed by atoms with Crippen LogP contribution in [0.3, 0.4) is 0 Å². The summed E-state index contributed by atoms with van der Waals surface area (Å²) in [6.07, 6.45) is 7.52. The number of aliphatic hydroxyl groups is 2. The van der Waals surface area contributed by atoms with E-state index in [2.05, 4.69) is 28.0 Å². The number of nitrogens with zero attached hydrogens (tertiary/aromatic N) is 1. The van der Waals surface area contributed by atoms with Crippen molar-refractivity contribution >= 4 is 32.1 Å². The molecule has 5 aliphatic rings. The molecule has 7 heteroatoms. The first-order valence-corrected chi connectivity index (χ1v) is 11.2. The quantitative estimate of drug-likeness (QED) is 0.655. The maximum absolute atomic E-state index is 13.0. The zero-order chi connectivity index (χ0) is 20.8. The summed E-state index contributed by atoms with van der Waals surface area (Å²) in [5.74, 6) is -0.243. The Morgan fingerprint density at radius 3 is 2.90 bits per heavy atom. The van der Waals surface area contributed by atoms with Crippen LogP contribution in [0.15, 0.2) is 29.0 Å². The molecule has 29 heavy (non-hydrogen) atoms. The highest BCUT2D eigenvalue weighted by Crippen LogP contribution is 2.70. The van der Waals surface area contributed by atoms with Crippen LogP contribution in [-0.2, 0) is 14.4 Å². The van der Waals surface area contributed by atoms with Gasteiger partial charge in [0.2, 0.25) is 11.4 Å². The van der Waals surface area contributed by atoms with E-state index in [9.17, 15) is 19.8 Å². The smallest absolute Gasteiger partial charge is 0.212 e. The molecule has 1 aliphatic heterocycles. The van der Waals surface area contributed by atoms with Gasteiger partial charge in [0.15, 0.2) is 5.78 Å². The van der Waals surface area contributed by atoms with Crippen LogP contribution in [0.25, 0.3) is 0 Å². The molecule has 0 bridgehead atoms. The van der Waals surface area contributed by atoms with Crippen LogP contribution < -0.4 is 0 Å². The molecule has 0 aromatic heterocycles. The van der Waals surface area contributed by atoms with Gasteiger partial charge < -0.3 is 15.1 Å². The second kappa shape index (κ2) is 6.11. The Morgan fingerprint density at radius 1 is 1.41 bits per heavy atom. The third-order valence-corrected chi connectivity index (χ3v) is 9.53. The molecule has 3 saturated carbocycles. The van der Waals surface area contributed by atoms with Crippen molar-refractivity contribution in [3.8, 4) is 0 Å². The van der Waals surface area contributed by atoms with Gasteiger partial charge in [-0.05, 0) is 65.6 Å². The maximum atomic E-state index is 13.0. The summed E-state index contributed by atoms with van der Waals surface area (Å²) in [5, 5.41) is 25.2. The molecule has 6 nitrogen and oxygen atoms in total. The molecule has 4 aliphatic carbocycles. The van der Waals surface area contributed by atoms with Crippen molar-refractivity contribution in [2.45, 2.75) is 51.2 Å². The normalized spacial score (nSPS) is 50.0. The third-order valence-electron chi connectivity index (χ3n) is 8.84. The van der Waals surface area contributed by atoms with E-state index in [4.69, 9.17) is 4.84 Å². The van der Waals surface area contributed by atoms with Crippen molar-refractivity contribution < 1.29 is 24.6 Å². The number of hydrogen-bond acceptors (Lipinski definition) is 6. The van der Waals surface area contributed by atoms with Gasteiger partial charge in [-0.2, -0.15) is 0 Å². The second-order valence-electron chi connectivity index (χ2n) is 9.82. The number of carbonyl (C=O) groups is 2. The van der Waals surface area contributed by atoms with Crippen LogP contribution in [-0.4, -0.2) is 44.7 Å². The molecule has 0 radical (unpaired) electrons. The summed E-state index contributed by atoms with van der Waals surface area (Å²) < 4.78 is 0.617. The predicted molar refractivity (Wildman–Crippen MR) is 109 cm³/mol. The molecule has 2 N–H and O–H groups in total. The summed E-state index contributed by atoms with van der Waals surface area (Å²) in [6, 6.07) is 0. The van der Waals surface area contributed by atoms with E-state index in [1.54, 1.807) is 12.2 Å². The Morgan fingerprint density at radius 2 is 2.17 bits per heavy atom. The fraction of sp³-hybridized carbons (Fsp3) is 0.682. The minimum atomic E-state index is -1.23. The molecular weight excluding hydrogens is 438 g/mol. The topological polar surface area (TPSA) is 96.2 Å². The van der Waals surface area contributed by atoms with Gasteiger partial charge in [0.1, 0.15) is 11.2 Å². The van der Waals surface area contributed by atoms with Crippen molar-refractivity contribution in [2.24, 2.45) is 39.7 Å². The molecule has 0 aromatic rings. The Labute approximate surface area is 178 Å². The zero-order valence-corrected chi connectivity index (χ0v) is 18.2. The molecular formula is C22H26BrNO5. The molecule has 0 saturated heterocycles. The van der Waals surface area contributed by atoms with Gasteiger partial charge in [0.25, 0.3) is 0 Å². The van der Waals surface area contributed by atoms with Gasteiger partial charge in [0, 0.05) is 16.7 Å². The molecule has 0 aromatic carbocycles. The van der Waals surface area contributed by atoms with Gasteiger partial charge in [-0.15, -0.1) is 0 Å². The zero-order valence-electron chi connectivity index (χ0n) is 16.6. The van der Waals surface area contributed by atoms with E-state index in [0.29, 0.717) is 11.0 Å². The first kappa shape index (κ1) is 19.6. The highest BCUT2D eigenvalue weighted by atomic mass is 79.9. The lowest BCUT2D eigenvalue weighted by molar-refractivity contribution is -0.192. The van der Waals surface area contributed by atoms with Crippen LogP contribution in [0.5, 0.6) is 0 Å². The van der Waals surface area contributed by atoms with Crippen molar-refractivity contribution in [3.63, 3.8) is 0 Å². The summed E-state index contributed by atoms with van der Waals surface area (Å²) in [7, 11) is 0. The Hall–Kier alpha value is -1.31. The maximum Gasteiger partial charge on any atom is 0.212 e. The van der Waals surface area contributed by atoms with Crippen molar-refractivity contribution in [2.75, 3.05) is 6.61 Å². The van der Waals surface area contributed by atoms with Crippen molar-refractivity contribution in [3.05, 3.63) is 23.8 Å². The van der Waals surface area contributed by atoms with Gasteiger partial charge >= 0.3 is 0 Å². The first-order chi connectivity index (χ1) is 13.7. The number of ketones is 2. The largest absolute Gasteiger partial charge is 0.393 e. The fourth-order valence-electron chi connectivity index (χ4n) is 7.65. The van der Waals surface area contributed by atoms with Gasteiger partial charge in [-0.1, -0.05) is 30.7 Å². The van der Waals surface area contributed by atoms with Crippen LogP contribution in [0.4, 0.5) is 0 Å². The van der Waals surface area contributed by atoms with E-state index in [-0.39, 0.29) is 40.7 Å². The average molecular weight is 464 g/mol. The number of carbonyl (C=O) groups excluding carboxylic acids is 2. The molecule has 8 atom stereocenters. The summed E-state index contributed by atoms with van der Waals surface area (Å²) in [4.78, 5) is 30.8. The first-order valence-electron chi connectivity index (χ1n) is 10.4.